The van der Waals surface area contributed by atoms with Gasteiger partial charge in [-0.2, -0.15) is 5.10 Å². The molecule has 5 nitrogen and oxygen atoms in total. The van der Waals surface area contributed by atoms with Crippen molar-refractivity contribution in [2.75, 3.05) is 0 Å². The number of amides is 1. The van der Waals surface area contributed by atoms with Gasteiger partial charge in [0.25, 0.3) is 5.91 Å². The Morgan fingerprint density at radius 3 is 2.43 bits per heavy atom. The summed E-state index contributed by atoms with van der Waals surface area (Å²) < 4.78 is 2.16. The van der Waals surface area contributed by atoms with Gasteiger partial charge in [-0.1, -0.05) is 36.4 Å². The fourth-order valence-corrected chi connectivity index (χ4v) is 3.71. The van der Waals surface area contributed by atoms with E-state index in [1.807, 2.05) is 50.2 Å². The average Bonchev–Trinajstić information content (AvgIpc) is 3.00. The number of hydrogen-bond acceptors (Lipinski definition) is 3. The van der Waals surface area contributed by atoms with Crippen LogP contribution in [0, 0.1) is 20.8 Å². The van der Waals surface area contributed by atoms with Crippen LogP contribution in [0.4, 0.5) is 0 Å². The van der Waals surface area contributed by atoms with Gasteiger partial charge in [-0.05, 0) is 67.4 Å². The molecule has 5 heteroatoms. The Bertz CT molecular complexity index is 1290. The van der Waals surface area contributed by atoms with Crippen molar-refractivity contribution in [2.45, 2.75) is 20.8 Å². The number of aromatic hydroxyl groups is 1. The van der Waals surface area contributed by atoms with E-state index in [1.165, 1.54) is 5.56 Å². The van der Waals surface area contributed by atoms with Crippen LogP contribution in [0.3, 0.4) is 0 Å². The van der Waals surface area contributed by atoms with E-state index in [-0.39, 0.29) is 11.3 Å². The van der Waals surface area contributed by atoms with Gasteiger partial charge in [-0.25, -0.2) is 5.43 Å². The number of rotatable bonds is 4. The number of benzene rings is 3. The summed E-state index contributed by atoms with van der Waals surface area (Å²) in [6.45, 7) is 6.13. The lowest BCUT2D eigenvalue weighted by Gasteiger charge is -2.10. The van der Waals surface area contributed by atoms with E-state index in [2.05, 4.69) is 40.2 Å². The third kappa shape index (κ3) is 3.70. The third-order valence-electron chi connectivity index (χ3n) is 5.21. The molecule has 0 aliphatic rings. The lowest BCUT2D eigenvalue weighted by molar-refractivity contribution is 0.0952. The Morgan fingerprint density at radius 2 is 1.70 bits per heavy atom. The van der Waals surface area contributed by atoms with E-state index in [9.17, 15) is 9.90 Å². The quantitative estimate of drug-likeness (QED) is 0.375. The normalized spacial score (nSPS) is 11.3. The van der Waals surface area contributed by atoms with E-state index >= 15 is 0 Å². The van der Waals surface area contributed by atoms with Gasteiger partial charge in [-0.15, -0.1) is 0 Å². The molecule has 0 spiro atoms. The molecule has 0 fully saturated rings. The van der Waals surface area contributed by atoms with Gasteiger partial charge in [0.05, 0.1) is 11.8 Å². The van der Waals surface area contributed by atoms with E-state index in [0.717, 1.165) is 33.4 Å². The first-order valence-electron chi connectivity index (χ1n) is 9.75. The van der Waals surface area contributed by atoms with Crippen molar-refractivity contribution in [2.24, 2.45) is 5.10 Å². The van der Waals surface area contributed by atoms with Crippen molar-refractivity contribution in [3.05, 3.63) is 94.8 Å². The number of carbonyl (C=O) groups excluding carboxylic acids is 1. The van der Waals surface area contributed by atoms with Crippen molar-refractivity contribution in [3.8, 4) is 11.4 Å². The highest BCUT2D eigenvalue weighted by Gasteiger charge is 2.13. The molecule has 0 radical (unpaired) electrons. The first-order chi connectivity index (χ1) is 14.4. The van der Waals surface area contributed by atoms with Crippen LogP contribution in [0.1, 0.15) is 32.9 Å². The van der Waals surface area contributed by atoms with E-state index in [1.54, 1.807) is 18.3 Å². The predicted octanol–water partition coefficient (Wildman–Crippen LogP) is 5.03. The highest BCUT2D eigenvalue weighted by molar-refractivity contribution is 6.01. The molecule has 1 aromatic heterocycles. The smallest absolute Gasteiger partial charge is 0.275 e. The number of fused-ring (bicyclic) bond motifs is 1. The van der Waals surface area contributed by atoms with Crippen molar-refractivity contribution >= 4 is 22.9 Å². The van der Waals surface area contributed by atoms with Crippen molar-refractivity contribution in [1.29, 1.82) is 0 Å². The summed E-state index contributed by atoms with van der Waals surface area (Å²) in [5.74, 6) is -0.527. The maximum atomic E-state index is 12.5. The van der Waals surface area contributed by atoms with E-state index < -0.39 is 5.91 Å². The fraction of sp³-hybridized carbons (Fsp3) is 0.120. The number of hydrazone groups is 1. The Morgan fingerprint density at radius 1 is 0.967 bits per heavy atom. The van der Waals surface area contributed by atoms with Crippen molar-refractivity contribution in [3.63, 3.8) is 0 Å². The SMILES string of the molecule is Cc1cccc(-n2c(C)cc(/C=N\NC(=O)c3cc4ccccc4cc3O)c2C)c1. The number of hydrogen-bond donors (Lipinski definition) is 2. The third-order valence-corrected chi connectivity index (χ3v) is 5.21. The fourth-order valence-electron chi connectivity index (χ4n) is 3.71. The number of aromatic nitrogens is 1. The molecular formula is C25H23N3O2. The van der Waals surface area contributed by atoms with Crippen LogP contribution in [0.2, 0.25) is 0 Å². The standard InChI is InChI=1S/C25H23N3O2/c1-16-7-6-10-22(11-16)28-17(2)12-21(18(28)3)15-26-27-25(30)23-13-19-8-4-5-9-20(19)14-24(23)29/h4-15,29H,1-3H3,(H,27,30)/b26-15-. The predicted molar refractivity (Wildman–Crippen MR) is 121 cm³/mol. The first kappa shape index (κ1) is 19.5. The summed E-state index contributed by atoms with van der Waals surface area (Å²) >= 11 is 0. The molecule has 0 saturated heterocycles. The van der Waals surface area contributed by atoms with Gasteiger partial charge < -0.3 is 9.67 Å². The Balaban J connectivity index is 1.56. The molecule has 0 aliphatic heterocycles. The molecule has 30 heavy (non-hydrogen) atoms. The number of phenolic OH excluding ortho intramolecular Hbond substituents is 1. The average molecular weight is 397 g/mol. The van der Waals surface area contributed by atoms with Crippen LogP contribution in [-0.2, 0) is 0 Å². The van der Waals surface area contributed by atoms with Crippen LogP contribution >= 0.6 is 0 Å². The van der Waals surface area contributed by atoms with Gasteiger partial charge in [0.15, 0.2) is 0 Å². The van der Waals surface area contributed by atoms with Gasteiger partial charge in [0.2, 0.25) is 0 Å². The maximum Gasteiger partial charge on any atom is 0.275 e. The number of carbonyl (C=O) groups is 1. The summed E-state index contributed by atoms with van der Waals surface area (Å²) in [6, 6.07) is 21.1. The first-order valence-corrected chi connectivity index (χ1v) is 9.75. The number of phenols is 1. The number of nitrogens with zero attached hydrogens (tertiary/aromatic N) is 2. The Hall–Kier alpha value is -3.86. The lowest BCUT2D eigenvalue weighted by Crippen LogP contribution is -2.17. The highest BCUT2D eigenvalue weighted by atomic mass is 16.3. The van der Waals surface area contributed by atoms with Crippen LogP contribution in [0.5, 0.6) is 5.75 Å². The minimum absolute atomic E-state index is 0.0703. The summed E-state index contributed by atoms with van der Waals surface area (Å²) in [4.78, 5) is 12.5. The molecule has 3 aromatic carbocycles. The molecule has 0 bridgehead atoms. The zero-order valence-electron chi connectivity index (χ0n) is 17.2. The molecule has 150 valence electrons. The topological polar surface area (TPSA) is 66.6 Å². The van der Waals surface area contributed by atoms with Gasteiger partial charge in [0, 0.05) is 22.6 Å². The van der Waals surface area contributed by atoms with Crippen LogP contribution in [0.25, 0.3) is 16.5 Å². The van der Waals surface area contributed by atoms with E-state index in [0.29, 0.717) is 0 Å². The number of aryl methyl sites for hydroxylation is 2. The molecule has 1 amide bonds. The van der Waals surface area contributed by atoms with Crippen molar-refractivity contribution in [1.82, 2.24) is 9.99 Å². The van der Waals surface area contributed by atoms with Crippen LogP contribution < -0.4 is 5.43 Å². The zero-order valence-corrected chi connectivity index (χ0v) is 17.2. The molecule has 0 aliphatic carbocycles. The van der Waals surface area contributed by atoms with E-state index in [4.69, 9.17) is 0 Å². The summed E-state index contributed by atoms with van der Waals surface area (Å²) in [6.07, 6.45) is 1.63. The molecule has 0 saturated carbocycles. The summed E-state index contributed by atoms with van der Waals surface area (Å²) in [5, 5.41) is 16.1. The monoisotopic (exact) mass is 397 g/mol. The molecule has 0 atom stereocenters. The van der Waals surface area contributed by atoms with Crippen LogP contribution in [-0.4, -0.2) is 21.8 Å². The second-order valence-electron chi connectivity index (χ2n) is 7.42. The lowest BCUT2D eigenvalue weighted by atomic mass is 10.1. The number of nitrogens with one attached hydrogen (secondary N) is 1. The molecule has 1 heterocycles. The molecule has 2 N–H and O–H groups in total. The highest BCUT2D eigenvalue weighted by Crippen LogP contribution is 2.25. The second-order valence-corrected chi connectivity index (χ2v) is 7.42. The minimum atomic E-state index is -0.456. The maximum absolute atomic E-state index is 12.5. The second kappa shape index (κ2) is 7.87. The van der Waals surface area contributed by atoms with Gasteiger partial charge in [0.1, 0.15) is 5.75 Å². The van der Waals surface area contributed by atoms with Crippen LogP contribution in [0.15, 0.2) is 71.8 Å². The van der Waals surface area contributed by atoms with Gasteiger partial charge >= 0.3 is 0 Å². The summed E-state index contributed by atoms with van der Waals surface area (Å²) in [7, 11) is 0. The summed E-state index contributed by atoms with van der Waals surface area (Å²) in [5.41, 5.74) is 8.02. The zero-order chi connectivity index (χ0) is 21.3. The Labute approximate surface area is 175 Å². The molecule has 0 unspecified atom stereocenters. The van der Waals surface area contributed by atoms with Crippen molar-refractivity contribution < 1.29 is 9.90 Å². The van der Waals surface area contributed by atoms with Gasteiger partial charge in [-0.3, -0.25) is 4.79 Å². The Kier molecular flexibility index (Phi) is 5.11. The largest absolute Gasteiger partial charge is 0.507 e. The molecule has 4 aromatic rings. The minimum Gasteiger partial charge on any atom is -0.507 e. The molecule has 4 rings (SSSR count). The molecular weight excluding hydrogens is 374 g/mol.